The van der Waals surface area contributed by atoms with Crippen molar-refractivity contribution in [1.82, 2.24) is 25.1 Å². The number of aryl methyl sites for hydroxylation is 1. The van der Waals surface area contributed by atoms with E-state index < -0.39 is 0 Å². The van der Waals surface area contributed by atoms with E-state index >= 15 is 0 Å². The Kier molecular flexibility index (Phi) is 6.02. The molecule has 1 aromatic heterocycles. The number of hydrogen-bond donors (Lipinski definition) is 2. The molecule has 1 rings (SSSR count). The second-order valence-electron chi connectivity index (χ2n) is 4.86. The fraction of sp³-hybridized carbons (Fsp3) is 0.615. The summed E-state index contributed by atoms with van der Waals surface area (Å²) in [4.78, 5) is 28.9. The Morgan fingerprint density at radius 2 is 2.15 bits per heavy atom. The minimum absolute atomic E-state index is 0.0400. The highest BCUT2D eigenvalue weighted by molar-refractivity contribution is 5.83. The second-order valence-corrected chi connectivity index (χ2v) is 4.86. The number of hydrogen-bond acceptors (Lipinski definition) is 3. The molecule has 3 amide bonds. The first-order chi connectivity index (χ1) is 9.45. The fourth-order valence-corrected chi connectivity index (χ4v) is 1.83. The average Bonchev–Trinajstić information content (AvgIpc) is 2.81. The highest BCUT2D eigenvalue weighted by Crippen LogP contribution is 2.15. The van der Waals surface area contributed by atoms with E-state index in [-0.39, 0.29) is 24.5 Å². The lowest BCUT2D eigenvalue weighted by molar-refractivity contribution is -0.121. The zero-order valence-corrected chi connectivity index (χ0v) is 12.5. The van der Waals surface area contributed by atoms with Crippen LogP contribution in [0.1, 0.15) is 31.6 Å². The SMILES string of the molecule is CCC[C@H](NC(=O)CNC(=O)N(C)C)c1nccn1C. The van der Waals surface area contributed by atoms with Gasteiger partial charge in [-0.15, -0.1) is 0 Å². The van der Waals surface area contributed by atoms with Gasteiger partial charge in [0.15, 0.2) is 0 Å². The van der Waals surface area contributed by atoms with Gasteiger partial charge in [0.2, 0.25) is 5.91 Å². The van der Waals surface area contributed by atoms with Crippen LogP contribution in [0.5, 0.6) is 0 Å². The van der Waals surface area contributed by atoms with Crippen molar-refractivity contribution in [1.29, 1.82) is 0 Å². The van der Waals surface area contributed by atoms with Crippen molar-refractivity contribution in [3.8, 4) is 0 Å². The van der Waals surface area contributed by atoms with E-state index in [2.05, 4.69) is 22.5 Å². The molecule has 0 saturated carbocycles. The van der Waals surface area contributed by atoms with Crippen LogP contribution in [-0.2, 0) is 11.8 Å². The molecule has 20 heavy (non-hydrogen) atoms. The van der Waals surface area contributed by atoms with Crippen molar-refractivity contribution in [2.45, 2.75) is 25.8 Å². The van der Waals surface area contributed by atoms with E-state index in [0.717, 1.165) is 18.7 Å². The smallest absolute Gasteiger partial charge is 0.317 e. The lowest BCUT2D eigenvalue weighted by atomic mass is 10.1. The van der Waals surface area contributed by atoms with E-state index in [1.807, 2.05) is 17.8 Å². The van der Waals surface area contributed by atoms with Gasteiger partial charge in [0.25, 0.3) is 0 Å². The van der Waals surface area contributed by atoms with Gasteiger partial charge in [-0.3, -0.25) is 4.79 Å². The van der Waals surface area contributed by atoms with Crippen LogP contribution in [0, 0.1) is 0 Å². The predicted molar refractivity (Wildman–Crippen MR) is 76.1 cm³/mol. The van der Waals surface area contributed by atoms with Crippen LogP contribution in [0.3, 0.4) is 0 Å². The van der Waals surface area contributed by atoms with E-state index in [0.29, 0.717) is 0 Å². The van der Waals surface area contributed by atoms with Gasteiger partial charge in [0.05, 0.1) is 12.6 Å². The summed E-state index contributed by atoms with van der Waals surface area (Å²) >= 11 is 0. The molecule has 7 nitrogen and oxygen atoms in total. The summed E-state index contributed by atoms with van der Waals surface area (Å²) in [5.41, 5.74) is 0. The zero-order chi connectivity index (χ0) is 15.1. The number of nitrogens with zero attached hydrogens (tertiary/aromatic N) is 3. The van der Waals surface area contributed by atoms with Gasteiger partial charge in [-0.25, -0.2) is 9.78 Å². The molecule has 0 aliphatic carbocycles. The third-order valence-electron chi connectivity index (χ3n) is 2.89. The third-order valence-corrected chi connectivity index (χ3v) is 2.89. The lowest BCUT2D eigenvalue weighted by Crippen LogP contribution is -2.42. The Labute approximate surface area is 119 Å². The van der Waals surface area contributed by atoms with Crippen LogP contribution in [0.25, 0.3) is 0 Å². The van der Waals surface area contributed by atoms with Crippen LogP contribution in [-0.4, -0.2) is 47.0 Å². The van der Waals surface area contributed by atoms with Gasteiger partial charge in [0.1, 0.15) is 5.82 Å². The van der Waals surface area contributed by atoms with Crippen LogP contribution >= 0.6 is 0 Å². The largest absolute Gasteiger partial charge is 0.345 e. The Morgan fingerprint density at radius 3 is 2.65 bits per heavy atom. The molecule has 0 aliphatic rings. The Balaban J connectivity index is 2.56. The topological polar surface area (TPSA) is 79.3 Å². The van der Waals surface area contributed by atoms with Crippen LogP contribution in [0.15, 0.2) is 12.4 Å². The first-order valence-electron chi connectivity index (χ1n) is 6.67. The molecular formula is C13H23N5O2. The Bertz CT molecular complexity index is 455. The minimum atomic E-state index is -0.288. The van der Waals surface area contributed by atoms with Gasteiger partial charge in [0, 0.05) is 33.5 Å². The molecule has 112 valence electrons. The van der Waals surface area contributed by atoms with Crippen LogP contribution in [0.4, 0.5) is 4.79 Å². The van der Waals surface area contributed by atoms with Crippen LogP contribution in [0.2, 0.25) is 0 Å². The number of aromatic nitrogens is 2. The van der Waals surface area contributed by atoms with E-state index in [9.17, 15) is 9.59 Å². The van der Waals surface area contributed by atoms with Gasteiger partial charge in [-0.2, -0.15) is 0 Å². The van der Waals surface area contributed by atoms with Crippen molar-refractivity contribution >= 4 is 11.9 Å². The quantitative estimate of drug-likeness (QED) is 0.803. The van der Waals surface area contributed by atoms with E-state index in [1.165, 1.54) is 4.90 Å². The van der Waals surface area contributed by atoms with Crippen molar-refractivity contribution in [3.05, 3.63) is 18.2 Å². The van der Waals surface area contributed by atoms with E-state index in [4.69, 9.17) is 0 Å². The maximum Gasteiger partial charge on any atom is 0.317 e. The van der Waals surface area contributed by atoms with Gasteiger partial charge in [-0.1, -0.05) is 13.3 Å². The molecule has 0 bridgehead atoms. The first kappa shape index (κ1) is 16.0. The van der Waals surface area contributed by atoms with Crippen molar-refractivity contribution < 1.29 is 9.59 Å². The predicted octanol–water partition coefficient (Wildman–Crippen LogP) is 0.649. The maximum absolute atomic E-state index is 11.9. The molecule has 0 fully saturated rings. The molecule has 0 saturated heterocycles. The molecule has 7 heteroatoms. The van der Waals surface area contributed by atoms with Gasteiger partial charge < -0.3 is 20.1 Å². The van der Waals surface area contributed by atoms with Crippen molar-refractivity contribution in [2.75, 3.05) is 20.6 Å². The highest BCUT2D eigenvalue weighted by Gasteiger charge is 2.18. The first-order valence-corrected chi connectivity index (χ1v) is 6.67. The minimum Gasteiger partial charge on any atom is -0.345 e. The maximum atomic E-state index is 11.9. The Hall–Kier alpha value is -2.05. The molecule has 2 N–H and O–H groups in total. The van der Waals surface area contributed by atoms with Crippen molar-refractivity contribution in [2.24, 2.45) is 7.05 Å². The molecule has 0 aliphatic heterocycles. The summed E-state index contributed by atoms with van der Waals surface area (Å²) in [7, 11) is 5.15. The number of carbonyl (C=O) groups is 2. The third kappa shape index (κ3) is 4.56. The molecule has 1 heterocycles. The molecule has 1 aromatic rings. The normalized spacial score (nSPS) is 11.8. The summed E-state index contributed by atoms with van der Waals surface area (Å²) < 4.78 is 1.89. The fourth-order valence-electron chi connectivity index (χ4n) is 1.83. The number of amides is 3. The summed E-state index contributed by atoms with van der Waals surface area (Å²) in [5.74, 6) is 0.598. The molecule has 1 atom stereocenters. The highest BCUT2D eigenvalue weighted by atomic mass is 16.2. The molecule has 0 unspecified atom stereocenters. The molecule has 0 radical (unpaired) electrons. The summed E-state index contributed by atoms with van der Waals surface area (Å²) in [6.07, 6.45) is 5.29. The molecular weight excluding hydrogens is 258 g/mol. The summed E-state index contributed by atoms with van der Waals surface area (Å²) in [5, 5.41) is 5.44. The summed E-state index contributed by atoms with van der Waals surface area (Å²) in [6, 6.07) is -0.423. The van der Waals surface area contributed by atoms with Gasteiger partial charge in [-0.05, 0) is 6.42 Å². The number of carbonyl (C=O) groups excluding carboxylic acids is 2. The monoisotopic (exact) mass is 281 g/mol. The average molecular weight is 281 g/mol. The summed E-state index contributed by atoms with van der Waals surface area (Å²) in [6.45, 7) is 2.01. The van der Waals surface area contributed by atoms with Crippen molar-refractivity contribution in [3.63, 3.8) is 0 Å². The Morgan fingerprint density at radius 1 is 1.45 bits per heavy atom. The van der Waals surface area contributed by atoms with Gasteiger partial charge >= 0.3 is 6.03 Å². The number of nitrogens with one attached hydrogen (secondary N) is 2. The lowest BCUT2D eigenvalue weighted by Gasteiger charge is -2.18. The van der Waals surface area contributed by atoms with Crippen LogP contribution < -0.4 is 10.6 Å². The molecule has 0 aromatic carbocycles. The standard InChI is InChI=1S/C13H23N5O2/c1-5-6-10(12-14-7-8-18(12)4)16-11(19)9-15-13(20)17(2)3/h7-8,10H,5-6,9H2,1-4H3,(H,15,20)(H,16,19)/t10-/m0/s1. The zero-order valence-electron chi connectivity index (χ0n) is 12.5. The number of imidazole rings is 1. The van der Waals surface area contributed by atoms with E-state index in [1.54, 1.807) is 20.3 Å². The molecule has 0 spiro atoms. The number of urea groups is 1. The second kappa shape index (κ2) is 7.52. The number of rotatable bonds is 6.